The molecule has 2 rings (SSSR count). The van der Waals surface area contributed by atoms with Crippen LogP contribution in [0, 0.1) is 0 Å². The minimum Gasteiger partial charge on any atom is -0.394 e. The Morgan fingerprint density at radius 2 is 2.35 bits per heavy atom. The van der Waals surface area contributed by atoms with Crippen molar-refractivity contribution in [1.29, 1.82) is 0 Å². The van der Waals surface area contributed by atoms with E-state index in [-0.39, 0.29) is 18.6 Å². The van der Waals surface area contributed by atoms with Gasteiger partial charge in [-0.3, -0.25) is 4.79 Å². The molecule has 1 aromatic heterocycles. The average molecular weight is 296 g/mol. The number of carbonyl (C=O) groups is 1. The molecule has 0 bridgehead atoms. The quantitative estimate of drug-likeness (QED) is 0.852. The zero-order chi connectivity index (χ0) is 14.5. The molecular formula is C12H14ClN5O2. The van der Waals surface area contributed by atoms with Gasteiger partial charge in [0.2, 0.25) is 0 Å². The zero-order valence-corrected chi connectivity index (χ0v) is 11.6. The lowest BCUT2D eigenvalue weighted by Crippen LogP contribution is -2.37. The third-order valence-electron chi connectivity index (χ3n) is 2.86. The Hall–Kier alpha value is -1.99. The topological polar surface area (TPSA) is 92.9 Å². The van der Waals surface area contributed by atoms with E-state index in [1.165, 1.54) is 11.0 Å². The lowest BCUT2D eigenvalue weighted by atomic mass is 10.1. The molecular weight excluding hydrogens is 282 g/mol. The van der Waals surface area contributed by atoms with Crippen molar-refractivity contribution in [1.82, 2.24) is 25.5 Å². The molecule has 0 aliphatic carbocycles. The first-order valence-corrected chi connectivity index (χ1v) is 6.48. The fraction of sp³-hybridized carbons (Fsp3) is 0.333. The SMILES string of the molecule is CCC(CO)NC(=O)c1ccc(-n2cnnn2)cc1Cl. The third-order valence-corrected chi connectivity index (χ3v) is 3.17. The molecule has 1 atom stereocenters. The zero-order valence-electron chi connectivity index (χ0n) is 10.8. The van der Waals surface area contributed by atoms with E-state index in [1.807, 2.05) is 6.92 Å². The smallest absolute Gasteiger partial charge is 0.253 e. The normalized spacial score (nSPS) is 12.2. The van der Waals surface area contributed by atoms with Crippen LogP contribution in [0.4, 0.5) is 0 Å². The lowest BCUT2D eigenvalue weighted by Gasteiger charge is -2.14. The number of rotatable bonds is 5. The summed E-state index contributed by atoms with van der Waals surface area (Å²) in [7, 11) is 0. The summed E-state index contributed by atoms with van der Waals surface area (Å²) < 4.78 is 1.44. The molecule has 1 aromatic carbocycles. The van der Waals surface area contributed by atoms with E-state index in [2.05, 4.69) is 20.8 Å². The van der Waals surface area contributed by atoms with Crippen LogP contribution in [0.25, 0.3) is 5.69 Å². The number of nitrogens with zero attached hydrogens (tertiary/aromatic N) is 4. The largest absolute Gasteiger partial charge is 0.394 e. The molecule has 0 radical (unpaired) electrons. The molecule has 8 heteroatoms. The van der Waals surface area contributed by atoms with Crippen molar-refractivity contribution in [3.63, 3.8) is 0 Å². The fourth-order valence-corrected chi connectivity index (χ4v) is 1.91. The number of aliphatic hydroxyl groups is 1. The van der Waals surface area contributed by atoms with Gasteiger partial charge >= 0.3 is 0 Å². The number of tetrazole rings is 1. The molecule has 106 valence electrons. The predicted molar refractivity (Wildman–Crippen MR) is 72.8 cm³/mol. The van der Waals surface area contributed by atoms with E-state index in [0.717, 1.165) is 0 Å². The average Bonchev–Trinajstić information content (AvgIpc) is 2.98. The van der Waals surface area contributed by atoms with Crippen molar-refractivity contribution < 1.29 is 9.90 Å². The van der Waals surface area contributed by atoms with Crippen molar-refractivity contribution in [3.05, 3.63) is 35.1 Å². The van der Waals surface area contributed by atoms with Gasteiger partial charge in [0, 0.05) is 0 Å². The van der Waals surface area contributed by atoms with Gasteiger partial charge in [0.25, 0.3) is 5.91 Å². The molecule has 2 N–H and O–H groups in total. The highest BCUT2D eigenvalue weighted by molar-refractivity contribution is 6.34. The van der Waals surface area contributed by atoms with Crippen molar-refractivity contribution in [2.75, 3.05) is 6.61 Å². The molecule has 0 spiro atoms. The lowest BCUT2D eigenvalue weighted by molar-refractivity contribution is 0.0915. The second-order valence-electron chi connectivity index (χ2n) is 4.18. The number of halogens is 1. The van der Waals surface area contributed by atoms with Gasteiger partial charge in [-0.15, -0.1) is 5.10 Å². The van der Waals surface area contributed by atoms with E-state index >= 15 is 0 Å². The maximum absolute atomic E-state index is 12.0. The van der Waals surface area contributed by atoms with Gasteiger partial charge in [-0.1, -0.05) is 18.5 Å². The van der Waals surface area contributed by atoms with Crippen molar-refractivity contribution in [2.24, 2.45) is 0 Å². The Labute approximate surface area is 120 Å². The summed E-state index contributed by atoms with van der Waals surface area (Å²) in [6, 6.07) is 4.61. The molecule has 2 aromatic rings. The van der Waals surface area contributed by atoms with Crippen LogP contribution < -0.4 is 5.32 Å². The maximum Gasteiger partial charge on any atom is 0.253 e. The number of benzene rings is 1. The summed E-state index contributed by atoms with van der Waals surface area (Å²) in [4.78, 5) is 12.0. The van der Waals surface area contributed by atoms with E-state index < -0.39 is 0 Å². The van der Waals surface area contributed by atoms with Crippen LogP contribution in [0.1, 0.15) is 23.7 Å². The van der Waals surface area contributed by atoms with E-state index in [0.29, 0.717) is 22.7 Å². The second-order valence-corrected chi connectivity index (χ2v) is 4.59. The Bertz CT molecular complexity index is 584. The van der Waals surface area contributed by atoms with Crippen LogP contribution in [0.3, 0.4) is 0 Å². The van der Waals surface area contributed by atoms with Crippen LogP contribution in [0.5, 0.6) is 0 Å². The molecule has 0 aliphatic heterocycles. The first kappa shape index (κ1) is 14.4. The number of aliphatic hydroxyl groups excluding tert-OH is 1. The van der Waals surface area contributed by atoms with E-state index in [1.54, 1.807) is 18.2 Å². The predicted octanol–water partition coefficient (Wildman–Crippen LogP) is 0.816. The first-order valence-electron chi connectivity index (χ1n) is 6.10. The Kier molecular flexibility index (Phi) is 4.65. The summed E-state index contributed by atoms with van der Waals surface area (Å²) in [6.07, 6.45) is 2.08. The van der Waals surface area contributed by atoms with Crippen LogP contribution in [-0.4, -0.2) is 43.9 Å². The Balaban J connectivity index is 2.19. The Morgan fingerprint density at radius 3 is 2.90 bits per heavy atom. The monoisotopic (exact) mass is 295 g/mol. The van der Waals surface area contributed by atoms with Gasteiger partial charge in [0.05, 0.1) is 28.9 Å². The molecule has 20 heavy (non-hydrogen) atoms. The van der Waals surface area contributed by atoms with Gasteiger partial charge in [-0.2, -0.15) is 0 Å². The summed E-state index contributed by atoms with van der Waals surface area (Å²) in [5, 5.41) is 22.9. The number of amides is 1. The van der Waals surface area contributed by atoms with Gasteiger partial charge in [-0.25, -0.2) is 4.68 Å². The van der Waals surface area contributed by atoms with E-state index in [4.69, 9.17) is 16.7 Å². The highest BCUT2D eigenvalue weighted by Gasteiger charge is 2.15. The minimum atomic E-state index is -0.320. The number of nitrogens with one attached hydrogen (secondary N) is 1. The molecule has 0 fully saturated rings. The van der Waals surface area contributed by atoms with Gasteiger partial charge in [0.15, 0.2) is 0 Å². The number of aromatic nitrogens is 4. The fourth-order valence-electron chi connectivity index (χ4n) is 1.65. The van der Waals surface area contributed by atoms with Gasteiger partial charge in [-0.05, 0) is 35.0 Å². The molecule has 0 aliphatic rings. The van der Waals surface area contributed by atoms with Gasteiger partial charge < -0.3 is 10.4 Å². The van der Waals surface area contributed by atoms with Crippen LogP contribution in [0.15, 0.2) is 24.5 Å². The van der Waals surface area contributed by atoms with E-state index in [9.17, 15) is 4.79 Å². The van der Waals surface area contributed by atoms with Crippen molar-refractivity contribution in [3.8, 4) is 5.69 Å². The standard InChI is InChI=1S/C12H14ClN5O2/c1-2-8(6-19)15-12(20)10-4-3-9(5-11(10)13)18-7-14-16-17-18/h3-5,7-8,19H,2,6H2,1H3,(H,15,20). The van der Waals surface area contributed by atoms with Crippen LogP contribution >= 0.6 is 11.6 Å². The Morgan fingerprint density at radius 1 is 1.55 bits per heavy atom. The molecule has 0 saturated carbocycles. The highest BCUT2D eigenvalue weighted by atomic mass is 35.5. The highest BCUT2D eigenvalue weighted by Crippen LogP contribution is 2.19. The van der Waals surface area contributed by atoms with Crippen LogP contribution in [0.2, 0.25) is 5.02 Å². The van der Waals surface area contributed by atoms with Gasteiger partial charge in [0.1, 0.15) is 6.33 Å². The number of carbonyl (C=O) groups excluding carboxylic acids is 1. The number of hydrogen-bond acceptors (Lipinski definition) is 5. The number of hydrogen-bond donors (Lipinski definition) is 2. The minimum absolute atomic E-state index is 0.109. The molecule has 7 nitrogen and oxygen atoms in total. The summed E-state index contributed by atoms with van der Waals surface area (Å²) in [5.74, 6) is -0.320. The first-order chi connectivity index (χ1) is 9.65. The third kappa shape index (κ3) is 3.12. The maximum atomic E-state index is 12.0. The summed E-state index contributed by atoms with van der Waals surface area (Å²) in [5.41, 5.74) is 1.00. The molecule has 1 amide bonds. The van der Waals surface area contributed by atoms with Crippen molar-refractivity contribution in [2.45, 2.75) is 19.4 Å². The molecule has 1 unspecified atom stereocenters. The second kappa shape index (κ2) is 6.44. The molecule has 0 saturated heterocycles. The molecule has 1 heterocycles. The summed E-state index contributed by atoms with van der Waals surface area (Å²) >= 11 is 6.11. The summed E-state index contributed by atoms with van der Waals surface area (Å²) in [6.45, 7) is 1.77. The van der Waals surface area contributed by atoms with Crippen molar-refractivity contribution >= 4 is 17.5 Å². The van der Waals surface area contributed by atoms with Crippen LogP contribution in [-0.2, 0) is 0 Å².